The molecule has 0 radical (unpaired) electrons. The van der Waals surface area contributed by atoms with Gasteiger partial charge in [0.25, 0.3) is 10.2 Å². The Morgan fingerprint density at radius 1 is 1.39 bits per heavy atom. The molecule has 1 rings (SSSR count). The first-order valence-electron chi connectivity index (χ1n) is 6.40. The first kappa shape index (κ1) is 15.8. The van der Waals surface area contributed by atoms with Crippen LogP contribution >= 0.6 is 0 Å². The van der Waals surface area contributed by atoms with Crippen LogP contribution in [-0.4, -0.2) is 59.2 Å². The predicted octanol–water partition coefficient (Wildman–Crippen LogP) is -0.213. The van der Waals surface area contributed by atoms with Crippen molar-refractivity contribution in [2.45, 2.75) is 25.8 Å². The Hall–Kier alpha value is -0.210. The Morgan fingerprint density at radius 2 is 2.00 bits per heavy atom. The van der Waals surface area contributed by atoms with Crippen LogP contribution in [0.15, 0.2) is 0 Å². The molecule has 0 bridgehead atoms. The van der Waals surface area contributed by atoms with E-state index in [1.165, 1.54) is 4.31 Å². The Kier molecular flexibility index (Phi) is 6.51. The van der Waals surface area contributed by atoms with Crippen molar-refractivity contribution >= 4 is 10.2 Å². The molecule has 1 fully saturated rings. The van der Waals surface area contributed by atoms with Crippen molar-refractivity contribution in [1.82, 2.24) is 14.3 Å². The molecule has 0 saturated carbocycles. The second-order valence-electron chi connectivity index (χ2n) is 4.88. The summed E-state index contributed by atoms with van der Waals surface area (Å²) in [4.78, 5) is 0. The van der Waals surface area contributed by atoms with Gasteiger partial charge in [0.2, 0.25) is 0 Å². The fraction of sp³-hybridized carbons (Fsp3) is 1.00. The maximum Gasteiger partial charge on any atom is 0.279 e. The summed E-state index contributed by atoms with van der Waals surface area (Å²) in [7, 11) is 0.131. The summed E-state index contributed by atoms with van der Waals surface area (Å²) < 4.78 is 33.3. The molecular weight excluding hydrogens is 254 g/mol. The number of methoxy groups -OCH3 is 1. The SMILES string of the molecule is CNCC1CCN(S(=O)(=O)NC(C)COC)CC1. The van der Waals surface area contributed by atoms with Gasteiger partial charge in [0.15, 0.2) is 0 Å². The summed E-state index contributed by atoms with van der Waals surface area (Å²) >= 11 is 0. The van der Waals surface area contributed by atoms with E-state index in [4.69, 9.17) is 4.74 Å². The van der Waals surface area contributed by atoms with Gasteiger partial charge in [-0.3, -0.25) is 0 Å². The number of hydrogen-bond donors (Lipinski definition) is 2. The van der Waals surface area contributed by atoms with Crippen LogP contribution in [0, 0.1) is 5.92 Å². The Bertz CT molecular complexity index is 326. The van der Waals surface area contributed by atoms with Crippen LogP contribution < -0.4 is 10.0 Å². The number of nitrogens with one attached hydrogen (secondary N) is 2. The minimum Gasteiger partial charge on any atom is -0.383 e. The smallest absolute Gasteiger partial charge is 0.279 e. The molecule has 1 aliphatic heterocycles. The molecule has 0 aromatic heterocycles. The Morgan fingerprint density at radius 3 is 2.50 bits per heavy atom. The topological polar surface area (TPSA) is 70.7 Å². The molecule has 0 amide bonds. The van der Waals surface area contributed by atoms with E-state index in [-0.39, 0.29) is 6.04 Å². The zero-order valence-corrected chi connectivity index (χ0v) is 12.3. The van der Waals surface area contributed by atoms with E-state index in [2.05, 4.69) is 10.0 Å². The van der Waals surface area contributed by atoms with E-state index in [0.717, 1.165) is 19.4 Å². The zero-order valence-electron chi connectivity index (χ0n) is 11.5. The lowest BCUT2D eigenvalue weighted by molar-refractivity contribution is 0.178. The molecule has 1 aliphatic rings. The summed E-state index contributed by atoms with van der Waals surface area (Å²) in [5, 5.41) is 3.14. The molecule has 1 saturated heterocycles. The fourth-order valence-corrected chi connectivity index (χ4v) is 3.67. The molecule has 7 heteroatoms. The van der Waals surface area contributed by atoms with Crippen molar-refractivity contribution in [1.29, 1.82) is 0 Å². The molecule has 0 spiro atoms. The average Bonchev–Trinajstić information content (AvgIpc) is 2.29. The van der Waals surface area contributed by atoms with Gasteiger partial charge in [-0.05, 0) is 39.3 Å². The standard InChI is InChI=1S/C11H25N3O3S/c1-10(9-17-3)13-18(15,16)14-6-4-11(5-7-14)8-12-2/h10-13H,4-9H2,1-3H3. The molecule has 18 heavy (non-hydrogen) atoms. The number of ether oxygens (including phenoxy) is 1. The van der Waals surface area contributed by atoms with Gasteiger partial charge in [-0.1, -0.05) is 0 Å². The normalized spacial score (nSPS) is 21.1. The summed E-state index contributed by atoms with van der Waals surface area (Å²) in [6.07, 6.45) is 1.83. The van der Waals surface area contributed by atoms with Crippen molar-refractivity contribution < 1.29 is 13.2 Å². The van der Waals surface area contributed by atoms with Crippen LogP contribution in [0.2, 0.25) is 0 Å². The Balaban J connectivity index is 2.45. The number of rotatable bonds is 7. The van der Waals surface area contributed by atoms with Crippen molar-refractivity contribution in [2.24, 2.45) is 5.92 Å². The molecule has 2 N–H and O–H groups in total. The molecule has 0 aliphatic carbocycles. The predicted molar refractivity (Wildman–Crippen MR) is 71.6 cm³/mol. The van der Waals surface area contributed by atoms with Crippen molar-refractivity contribution in [3.05, 3.63) is 0 Å². The van der Waals surface area contributed by atoms with Crippen LogP contribution in [0.1, 0.15) is 19.8 Å². The van der Waals surface area contributed by atoms with Crippen LogP contribution in [0.3, 0.4) is 0 Å². The lowest BCUT2D eigenvalue weighted by Gasteiger charge is -2.31. The van der Waals surface area contributed by atoms with E-state index < -0.39 is 10.2 Å². The van der Waals surface area contributed by atoms with E-state index in [9.17, 15) is 8.42 Å². The summed E-state index contributed by atoms with van der Waals surface area (Å²) in [6.45, 7) is 4.34. The number of nitrogens with zero attached hydrogens (tertiary/aromatic N) is 1. The lowest BCUT2D eigenvalue weighted by Crippen LogP contribution is -2.49. The van der Waals surface area contributed by atoms with E-state index in [1.807, 2.05) is 7.05 Å². The lowest BCUT2D eigenvalue weighted by atomic mass is 9.98. The van der Waals surface area contributed by atoms with E-state index in [0.29, 0.717) is 25.6 Å². The molecule has 0 aromatic rings. The van der Waals surface area contributed by atoms with Gasteiger partial charge in [-0.15, -0.1) is 0 Å². The van der Waals surface area contributed by atoms with Crippen molar-refractivity contribution in [3.8, 4) is 0 Å². The highest BCUT2D eigenvalue weighted by Crippen LogP contribution is 2.18. The van der Waals surface area contributed by atoms with Gasteiger partial charge >= 0.3 is 0 Å². The number of piperidine rings is 1. The highest BCUT2D eigenvalue weighted by Gasteiger charge is 2.28. The second-order valence-corrected chi connectivity index (χ2v) is 6.58. The molecule has 1 unspecified atom stereocenters. The fourth-order valence-electron chi connectivity index (χ4n) is 2.26. The minimum absolute atomic E-state index is 0.199. The highest BCUT2D eigenvalue weighted by molar-refractivity contribution is 7.87. The third-order valence-electron chi connectivity index (χ3n) is 3.17. The maximum atomic E-state index is 12.1. The molecular formula is C11H25N3O3S. The van der Waals surface area contributed by atoms with Crippen LogP contribution in [-0.2, 0) is 14.9 Å². The van der Waals surface area contributed by atoms with E-state index >= 15 is 0 Å². The van der Waals surface area contributed by atoms with Crippen LogP contribution in [0.4, 0.5) is 0 Å². The van der Waals surface area contributed by atoms with Gasteiger partial charge in [0.05, 0.1) is 6.61 Å². The molecule has 108 valence electrons. The van der Waals surface area contributed by atoms with Crippen molar-refractivity contribution in [2.75, 3.05) is 40.4 Å². The quantitative estimate of drug-likeness (QED) is 0.676. The molecule has 0 aromatic carbocycles. The van der Waals surface area contributed by atoms with Gasteiger partial charge in [-0.25, -0.2) is 0 Å². The van der Waals surface area contributed by atoms with Crippen molar-refractivity contribution in [3.63, 3.8) is 0 Å². The monoisotopic (exact) mass is 279 g/mol. The third-order valence-corrected chi connectivity index (χ3v) is 4.92. The molecule has 1 atom stereocenters. The number of hydrogen-bond acceptors (Lipinski definition) is 4. The largest absolute Gasteiger partial charge is 0.383 e. The van der Waals surface area contributed by atoms with Crippen LogP contribution in [0.25, 0.3) is 0 Å². The molecule has 1 heterocycles. The van der Waals surface area contributed by atoms with Gasteiger partial charge < -0.3 is 10.1 Å². The van der Waals surface area contributed by atoms with Gasteiger partial charge in [0.1, 0.15) is 0 Å². The summed E-state index contributed by atoms with van der Waals surface area (Å²) in [5.74, 6) is 0.581. The van der Waals surface area contributed by atoms with E-state index in [1.54, 1.807) is 14.0 Å². The van der Waals surface area contributed by atoms with Gasteiger partial charge in [0, 0.05) is 26.2 Å². The second kappa shape index (κ2) is 7.40. The average molecular weight is 279 g/mol. The third kappa shape index (κ3) is 4.81. The van der Waals surface area contributed by atoms with Gasteiger partial charge in [-0.2, -0.15) is 17.4 Å². The minimum atomic E-state index is -3.36. The molecule has 6 nitrogen and oxygen atoms in total. The summed E-state index contributed by atoms with van der Waals surface area (Å²) in [6, 6.07) is -0.199. The maximum absolute atomic E-state index is 12.1. The zero-order chi connectivity index (χ0) is 13.6. The highest BCUT2D eigenvalue weighted by atomic mass is 32.2. The first-order chi connectivity index (χ1) is 8.49. The first-order valence-corrected chi connectivity index (χ1v) is 7.84. The van der Waals surface area contributed by atoms with Crippen LogP contribution in [0.5, 0.6) is 0 Å². The summed E-state index contributed by atoms with van der Waals surface area (Å²) in [5.41, 5.74) is 0. The Labute approximate surface area is 110 Å².